The van der Waals surface area contributed by atoms with Crippen LogP contribution < -0.4 is 5.09 Å². The SMILES string of the molecule is CCOC(=O)[C@H](CCCl)NP(C)OCC. The van der Waals surface area contributed by atoms with Crippen molar-refractivity contribution in [2.75, 3.05) is 25.8 Å². The predicted octanol–water partition coefficient (Wildman–Crippen LogP) is 2.11. The summed E-state index contributed by atoms with van der Waals surface area (Å²) < 4.78 is 10.3. The van der Waals surface area contributed by atoms with Crippen molar-refractivity contribution in [1.82, 2.24) is 5.09 Å². The Morgan fingerprint density at radius 3 is 2.60 bits per heavy atom. The van der Waals surface area contributed by atoms with Gasteiger partial charge in [0.1, 0.15) is 6.04 Å². The first-order valence-corrected chi connectivity index (χ1v) is 7.25. The Morgan fingerprint density at radius 1 is 1.47 bits per heavy atom. The standard InChI is InChI=1S/C9H19ClNO3P/c1-4-13-9(12)8(6-7-10)11-15(3)14-5-2/h8,11H,4-7H2,1-3H3/t8-,15?/m0/s1. The Bertz CT molecular complexity index is 183. The maximum absolute atomic E-state index is 11.5. The van der Waals surface area contributed by atoms with Gasteiger partial charge in [-0.2, -0.15) is 0 Å². The molecule has 0 radical (unpaired) electrons. The van der Waals surface area contributed by atoms with Crippen LogP contribution in [0.4, 0.5) is 0 Å². The molecule has 0 aromatic rings. The van der Waals surface area contributed by atoms with E-state index < -0.39 is 8.30 Å². The third kappa shape index (κ3) is 7.07. The number of carbonyl (C=O) groups excluding carboxylic acids is 1. The van der Waals surface area contributed by atoms with Gasteiger partial charge < -0.3 is 9.26 Å². The number of carbonyl (C=O) groups is 1. The first-order chi connectivity index (χ1) is 7.15. The van der Waals surface area contributed by atoms with E-state index in [9.17, 15) is 4.79 Å². The smallest absolute Gasteiger partial charge is 0.323 e. The lowest BCUT2D eigenvalue weighted by Gasteiger charge is -2.20. The normalized spacial score (nSPS) is 14.7. The highest BCUT2D eigenvalue weighted by Gasteiger charge is 2.21. The van der Waals surface area contributed by atoms with Crippen molar-refractivity contribution in [2.45, 2.75) is 26.3 Å². The van der Waals surface area contributed by atoms with Gasteiger partial charge in [0.15, 0.2) is 0 Å². The molecule has 0 bridgehead atoms. The lowest BCUT2D eigenvalue weighted by atomic mass is 10.2. The molecule has 0 saturated carbocycles. The molecule has 0 aliphatic rings. The van der Waals surface area contributed by atoms with Crippen LogP contribution in [0.2, 0.25) is 0 Å². The van der Waals surface area contributed by atoms with Crippen molar-refractivity contribution >= 4 is 25.9 Å². The quantitative estimate of drug-likeness (QED) is 0.410. The minimum atomic E-state index is -0.784. The lowest BCUT2D eigenvalue weighted by molar-refractivity contribution is -0.145. The molecule has 0 saturated heterocycles. The second-order valence-corrected chi connectivity index (χ2v) is 4.72. The summed E-state index contributed by atoms with van der Waals surface area (Å²) in [5, 5.41) is 3.09. The summed E-state index contributed by atoms with van der Waals surface area (Å²) >= 11 is 5.62. The van der Waals surface area contributed by atoms with E-state index in [1.54, 1.807) is 6.92 Å². The van der Waals surface area contributed by atoms with Gasteiger partial charge in [-0.15, -0.1) is 11.6 Å². The van der Waals surface area contributed by atoms with E-state index in [2.05, 4.69) is 5.09 Å². The molecule has 0 fully saturated rings. The van der Waals surface area contributed by atoms with Crippen LogP contribution in [0.1, 0.15) is 20.3 Å². The Labute approximate surface area is 97.5 Å². The summed E-state index contributed by atoms with van der Waals surface area (Å²) in [7, 11) is -0.784. The average Bonchev–Trinajstić information content (AvgIpc) is 2.18. The van der Waals surface area contributed by atoms with Crippen LogP contribution in [0, 0.1) is 0 Å². The molecule has 6 heteroatoms. The molecule has 0 rings (SSSR count). The molecular formula is C9H19ClNO3P. The zero-order valence-electron chi connectivity index (χ0n) is 9.46. The summed E-state index contributed by atoms with van der Waals surface area (Å²) in [4.78, 5) is 11.5. The summed E-state index contributed by atoms with van der Waals surface area (Å²) in [5.41, 5.74) is 0. The first-order valence-electron chi connectivity index (χ1n) is 5.01. The van der Waals surface area contributed by atoms with Crippen molar-refractivity contribution in [1.29, 1.82) is 0 Å². The molecule has 1 unspecified atom stereocenters. The summed E-state index contributed by atoms with van der Waals surface area (Å²) in [6, 6.07) is -0.356. The van der Waals surface area contributed by atoms with Crippen LogP contribution in [0.5, 0.6) is 0 Å². The van der Waals surface area contributed by atoms with Crippen LogP contribution in [0.3, 0.4) is 0 Å². The van der Waals surface area contributed by atoms with E-state index >= 15 is 0 Å². The number of alkyl halides is 1. The average molecular weight is 256 g/mol. The van der Waals surface area contributed by atoms with Crippen molar-refractivity contribution in [3.8, 4) is 0 Å². The fraction of sp³-hybridized carbons (Fsp3) is 0.889. The number of ether oxygens (including phenoxy) is 1. The monoisotopic (exact) mass is 255 g/mol. The summed E-state index contributed by atoms with van der Waals surface area (Å²) in [6.45, 7) is 6.63. The molecule has 0 amide bonds. The second kappa shape index (κ2) is 9.34. The third-order valence-corrected chi connectivity index (χ3v) is 3.17. The number of rotatable bonds is 8. The number of nitrogens with one attached hydrogen (secondary N) is 1. The first kappa shape index (κ1) is 15.1. The van der Waals surface area contributed by atoms with Crippen molar-refractivity contribution in [3.05, 3.63) is 0 Å². The minimum absolute atomic E-state index is 0.257. The Hall–Kier alpha value is 0.110. The van der Waals surface area contributed by atoms with E-state index in [0.717, 1.165) is 0 Å². The molecule has 90 valence electrons. The van der Waals surface area contributed by atoms with Gasteiger partial charge in [0.05, 0.1) is 14.9 Å². The molecule has 2 atom stereocenters. The van der Waals surface area contributed by atoms with Gasteiger partial charge in [0.25, 0.3) is 0 Å². The Morgan fingerprint density at radius 2 is 2.13 bits per heavy atom. The van der Waals surface area contributed by atoms with E-state index in [0.29, 0.717) is 25.5 Å². The lowest BCUT2D eigenvalue weighted by Crippen LogP contribution is -2.35. The summed E-state index contributed by atoms with van der Waals surface area (Å²) in [6.07, 6.45) is 0.556. The highest BCUT2D eigenvalue weighted by molar-refractivity contribution is 7.49. The number of hydrogen-bond donors (Lipinski definition) is 1. The van der Waals surface area contributed by atoms with Gasteiger partial charge in [-0.1, -0.05) is 0 Å². The van der Waals surface area contributed by atoms with E-state index in [1.807, 2.05) is 13.6 Å². The molecule has 0 heterocycles. The van der Waals surface area contributed by atoms with Gasteiger partial charge in [-0.05, 0) is 26.9 Å². The number of esters is 1. The molecule has 0 aromatic carbocycles. The van der Waals surface area contributed by atoms with Crippen molar-refractivity contribution in [2.24, 2.45) is 0 Å². The third-order valence-electron chi connectivity index (χ3n) is 1.63. The molecule has 4 nitrogen and oxygen atoms in total. The van der Waals surface area contributed by atoms with E-state index in [1.165, 1.54) is 0 Å². The largest absolute Gasteiger partial charge is 0.465 e. The van der Waals surface area contributed by atoms with E-state index in [4.69, 9.17) is 20.9 Å². The van der Waals surface area contributed by atoms with Gasteiger partial charge in [0.2, 0.25) is 0 Å². The number of hydrogen-bond acceptors (Lipinski definition) is 4. The predicted molar refractivity (Wildman–Crippen MR) is 63.4 cm³/mol. The van der Waals surface area contributed by atoms with Crippen molar-refractivity contribution in [3.63, 3.8) is 0 Å². The maximum atomic E-state index is 11.5. The molecule has 15 heavy (non-hydrogen) atoms. The highest BCUT2D eigenvalue weighted by Crippen LogP contribution is 2.27. The molecular weight excluding hydrogens is 237 g/mol. The highest BCUT2D eigenvalue weighted by atomic mass is 35.5. The number of halogens is 1. The Kier molecular flexibility index (Phi) is 9.41. The zero-order valence-corrected chi connectivity index (χ0v) is 11.1. The minimum Gasteiger partial charge on any atom is -0.465 e. The van der Waals surface area contributed by atoms with Gasteiger partial charge in [-0.25, -0.2) is 0 Å². The molecule has 0 aliphatic heterocycles. The molecule has 0 aliphatic carbocycles. The van der Waals surface area contributed by atoms with Crippen LogP contribution in [-0.2, 0) is 14.1 Å². The fourth-order valence-electron chi connectivity index (χ4n) is 1.04. The summed E-state index contributed by atoms with van der Waals surface area (Å²) in [5.74, 6) is 0.165. The zero-order chi connectivity index (χ0) is 11.7. The van der Waals surface area contributed by atoms with Crippen LogP contribution in [-0.4, -0.2) is 37.8 Å². The van der Waals surface area contributed by atoms with Gasteiger partial charge >= 0.3 is 5.97 Å². The van der Waals surface area contributed by atoms with Crippen LogP contribution >= 0.6 is 19.9 Å². The van der Waals surface area contributed by atoms with Crippen LogP contribution in [0.25, 0.3) is 0 Å². The van der Waals surface area contributed by atoms with E-state index in [-0.39, 0.29) is 12.0 Å². The maximum Gasteiger partial charge on any atom is 0.323 e. The second-order valence-electron chi connectivity index (χ2n) is 2.83. The van der Waals surface area contributed by atoms with Gasteiger partial charge in [0, 0.05) is 12.5 Å². The van der Waals surface area contributed by atoms with Crippen molar-refractivity contribution < 1.29 is 14.1 Å². The molecule has 0 spiro atoms. The molecule has 0 aromatic heterocycles. The Balaban J connectivity index is 4.07. The topological polar surface area (TPSA) is 47.6 Å². The van der Waals surface area contributed by atoms with Crippen LogP contribution in [0.15, 0.2) is 0 Å². The molecule has 1 N–H and O–H groups in total. The fourth-order valence-corrected chi connectivity index (χ4v) is 2.39. The van der Waals surface area contributed by atoms with Gasteiger partial charge in [-0.3, -0.25) is 9.88 Å².